The molecular weight excluding hydrogens is 366 g/mol. The quantitative estimate of drug-likeness (QED) is 0.778. The summed E-state index contributed by atoms with van der Waals surface area (Å²) in [5.74, 6) is -0.105. The number of hydrogen-bond donors (Lipinski definition) is 2. The maximum Gasteiger partial charge on any atom is 0.262 e. The second-order valence-electron chi connectivity index (χ2n) is 6.04. The molecule has 0 fully saturated rings. The molecule has 0 aliphatic heterocycles. The number of benzene rings is 2. The van der Waals surface area contributed by atoms with Gasteiger partial charge in [-0.15, -0.1) is 0 Å². The van der Waals surface area contributed by atoms with Gasteiger partial charge in [0.1, 0.15) is 5.75 Å². The Morgan fingerprint density at radius 1 is 1.09 bits per heavy atom. The highest BCUT2D eigenvalue weighted by molar-refractivity contribution is 9.10. The molecule has 0 unspecified atom stereocenters. The first kappa shape index (κ1) is 16.8. The minimum atomic E-state index is -3.76. The summed E-state index contributed by atoms with van der Waals surface area (Å²) in [6.07, 6.45) is 0. The summed E-state index contributed by atoms with van der Waals surface area (Å²) in [6.45, 7) is 6.06. The molecule has 2 N–H and O–H groups in total. The van der Waals surface area contributed by atoms with E-state index in [0.717, 1.165) is 5.56 Å². The van der Waals surface area contributed by atoms with Gasteiger partial charge in [-0.1, -0.05) is 48.8 Å². The number of rotatable bonds is 3. The number of hydrogen-bond acceptors (Lipinski definition) is 3. The van der Waals surface area contributed by atoms with Gasteiger partial charge in [-0.2, -0.15) is 0 Å². The van der Waals surface area contributed by atoms with E-state index >= 15 is 0 Å². The molecule has 118 valence electrons. The van der Waals surface area contributed by atoms with Crippen LogP contribution in [-0.2, 0) is 15.4 Å². The van der Waals surface area contributed by atoms with E-state index in [1.807, 2.05) is 20.8 Å². The molecule has 0 atom stereocenters. The van der Waals surface area contributed by atoms with Crippen LogP contribution in [0.25, 0.3) is 0 Å². The van der Waals surface area contributed by atoms with E-state index < -0.39 is 10.0 Å². The van der Waals surface area contributed by atoms with Crippen LogP contribution in [0.2, 0.25) is 0 Å². The van der Waals surface area contributed by atoms with Gasteiger partial charge < -0.3 is 5.11 Å². The van der Waals surface area contributed by atoms with Crippen LogP contribution in [0.1, 0.15) is 26.3 Å². The fraction of sp³-hybridized carbons (Fsp3) is 0.250. The fourth-order valence-corrected chi connectivity index (χ4v) is 3.58. The highest BCUT2D eigenvalue weighted by atomic mass is 79.9. The number of aromatic hydroxyl groups is 1. The van der Waals surface area contributed by atoms with Gasteiger partial charge in [0.05, 0.1) is 10.6 Å². The molecule has 2 aromatic carbocycles. The van der Waals surface area contributed by atoms with E-state index in [4.69, 9.17) is 0 Å². The summed E-state index contributed by atoms with van der Waals surface area (Å²) >= 11 is 3.25. The normalized spacial score (nSPS) is 12.2. The van der Waals surface area contributed by atoms with E-state index in [9.17, 15) is 13.5 Å². The predicted molar refractivity (Wildman–Crippen MR) is 91.8 cm³/mol. The number of phenols is 1. The first-order valence-electron chi connectivity index (χ1n) is 6.71. The van der Waals surface area contributed by atoms with Crippen LogP contribution < -0.4 is 4.72 Å². The molecule has 0 saturated heterocycles. The molecular formula is C16H18BrNO3S. The summed E-state index contributed by atoms with van der Waals surface area (Å²) in [7, 11) is -3.76. The molecule has 0 radical (unpaired) electrons. The van der Waals surface area contributed by atoms with Crippen LogP contribution in [-0.4, -0.2) is 13.5 Å². The molecule has 0 heterocycles. The number of sulfonamides is 1. The van der Waals surface area contributed by atoms with Gasteiger partial charge in [-0.05, 0) is 41.3 Å². The minimum Gasteiger partial charge on any atom is -0.506 e. The van der Waals surface area contributed by atoms with Crippen molar-refractivity contribution in [3.05, 3.63) is 52.5 Å². The fourth-order valence-electron chi connectivity index (χ4n) is 1.92. The number of phenolic OH excluding ortho intramolecular Hbond substituents is 1. The molecule has 2 aromatic rings. The Morgan fingerprint density at radius 2 is 1.77 bits per heavy atom. The summed E-state index contributed by atoms with van der Waals surface area (Å²) in [5, 5.41) is 9.93. The zero-order valence-electron chi connectivity index (χ0n) is 12.6. The Bertz CT molecular complexity index is 795. The van der Waals surface area contributed by atoms with E-state index in [1.165, 1.54) is 18.2 Å². The Labute approximate surface area is 139 Å². The first-order valence-corrected chi connectivity index (χ1v) is 8.99. The second-order valence-corrected chi connectivity index (χ2v) is 8.64. The van der Waals surface area contributed by atoms with E-state index in [2.05, 4.69) is 20.7 Å². The summed E-state index contributed by atoms with van der Waals surface area (Å²) in [6, 6.07) is 11.3. The molecule has 0 aliphatic carbocycles. The highest BCUT2D eigenvalue weighted by Crippen LogP contribution is 2.32. The van der Waals surface area contributed by atoms with Crippen molar-refractivity contribution in [3.63, 3.8) is 0 Å². The van der Waals surface area contributed by atoms with Crippen molar-refractivity contribution in [3.8, 4) is 5.75 Å². The van der Waals surface area contributed by atoms with Crippen molar-refractivity contribution >= 4 is 31.6 Å². The molecule has 0 spiro atoms. The van der Waals surface area contributed by atoms with Gasteiger partial charge in [0.25, 0.3) is 10.0 Å². The molecule has 0 amide bonds. The van der Waals surface area contributed by atoms with Crippen LogP contribution in [0, 0.1) is 0 Å². The van der Waals surface area contributed by atoms with Gasteiger partial charge in [-0.25, -0.2) is 8.42 Å². The standard InChI is InChI=1S/C16H18BrNO3S/c1-16(2,3)11-7-8-15(19)14(9-11)18-22(20,21)13-6-4-5-12(17)10-13/h4-10,18-19H,1-3H3. The Hall–Kier alpha value is -1.53. The maximum atomic E-state index is 12.4. The third-order valence-electron chi connectivity index (χ3n) is 3.21. The van der Waals surface area contributed by atoms with Crippen LogP contribution in [0.3, 0.4) is 0 Å². The zero-order valence-corrected chi connectivity index (χ0v) is 15.0. The third-order valence-corrected chi connectivity index (χ3v) is 5.07. The maximum absolute atomic E-state index is 12.4. The van der Waals surface area contributed by atoms with E-state index in [1.54, 1.807) is 24.3 Å². The van der Waals surface area contributed by atoms with Crippen LogP contribution >= 0.6 is 15.9 Å². The van der Waals surface area contributed by atoms with Gasteiger partial charge in [-0.3, -0.25) is 4.72 Å². The number of halogens is 1. The first-order chi connectivity index (χ1) is 10.1. The molecule has 4 nitrogen and oxygen atoms in total. The molecule has 0 aliphatic rings. The lowest BCUT2D eigenvalue weighted by molar-refractivity contribution is 0.476. The zero-order chi connectivity index (χ0) is 16.5. The Balaban J connectivity index is 2.42. The van der Waals surface area contributed by atoms with Crippen molar-refractivity contribution < 1.29 is 13.5 Å². The van der Waals surface area contributed by atoms with Crippen LogP contribution in [0.15, 0.2) is 51.8 Å². The number of anilines is 1. The average molecular weight is 384 g/mol. The van der Waals surface area contributed by atoms with Gasteiger partial charge >= 0.3 is 0 Å². The van der Waals surface area contributed by atoms with Gasteiger partial charge in [0.15, 0.2) is 0 Å². The van der Waals surface area contributed by atoms with E-state index in [-0.39, 0.29) is 21.7 Å². The topological polar surface area (TPSA) is 66.4 Å². The smallest absolute Gasteiger partial charge is 0.262 e. The monoisotopic (exact) mass is 383 g/mol. The summed E-state index contributed by atoms with van der Waals surface area (Å²) in [4.78, 5) is 0.127. The summed E-state index contributed by atoms with van der Waals surface area (Å²) < 4.78 is 28.0. The lowest BCUT2D eigenvalue weighted by Gasteiger charge is -2.20. The highest BCUT2D eigenvalue weighted by Gasteiger charge is 2.19. The van der Waals surface area contributed by atoms with Crippen molar-refractivity contribution in [2.75, 3.05) is 4.72 Å². The summed E-state index contributed by atoms with van der Waals surface area (Å²) in [5.41, 5.74) is 0.952. The molecule has 0 bridgehead atoms. The molecule has 2 rings (SSSR count). The van der Waals surface area contributed by atoms with Crippen molar-refractivity contribution in [1.29, 1.82) is 0 Å². The largest absolute Gasteiger partial charge is 0.506 e. The Morgan fingerprint density at radius 3 is 2.36 bits per heavy atom. The Kier molecular flexibility index (Phi) is 4.54. The average Bonchev–Trinajstić information content (AvgIpc) is 2.40. The van der Waals surface area contributed by atoms with Crippen LogP contribution in [0.4, 0.5) is 5.69 Å². The lowest BCUT2D eigenvalue weighted by atomic mass is 9.87. The molecule has 0 saturated carbocycles. The lowest BCUT2D eigenvalue weighted by Crippen LogP contribution is -2.15. The van der Waals surface area contributed by atoms with E-state index in [0.29, 0.717) is 4.47 Å². The minimum absolute atomic E-state index is 0.105. The van der Waals surface area contributed by atoms with Crippen LogP contribution in [0.5, 0.6) is 5.75 Å². The van der Waals surface area contributed by atoms with Crippen molar-refractivity contribution in [1.82, 2.24) is 0 Å². The van der Waals surface area contributed by atoms with Crippen molar-refractivity contribution in [2.24, 2.45) is 0 Å². The second kappa shape index (κ2) is 5.93. The predicted octanol–water partition coefficient (Wildman–Crippen LogP) is 4.25. The molecule has 0 aromatic heterocycles. The van der Waals surface area contributed by atoms with Crippen molar-refractivity contribution in [2.45, 2.75) is 31.1 Å². The van der Waals surface area contributed by atoms with Gasteiger partial charge in [0.2, 0.25) is 0 Å². The third kappa shape index (κ3) is 3.81. The molecule has 22 heavy (non-hydrogen) atoms. The SMILES string of the molecule is CC(C)(C)c1ccc(O)c(NS(=O)(=O)c2cccc(Br)c2)c1. The van der Waals surface area contributed by atoms with Gasteiger partial charge in [0, 0.05) is 4.47 Å². The molecule has 6 heteroatoms. The number of nitrogens with one attached hydrogen (secondary N) is 1.